The van der Waals surface area contributed by atoms with E-state index in [1.54, 1.807) is 29.3 Å². The molecule has 3 aromatic rings. The first-order chi connectivity index (χ1) is 15.0. The summed E-state index contributed by atoms with van der Waals surface area (Å²) in [5.41, 5.74) is 8.96. The normalized spacial score (nSPS) is 18.2. The average Bonchev–Trinajstić information content (AvgIpc) is 3.41. The first-order valence-electron chi connectivity index (χ1n) is 10.00. The molecule has 0 spiro atoms. The number of pyridine rings is 1. The van der Waals surface area contributed by atoms with Crippen molar-refractivity contribution in [1.82, 2.24) is 9.97 Å². The van der Waals surface area contributed by atoms with Gasteiger partial charge < -0.3 is 15.5 Å². The van der Waals surface area contributed by atoms with Crippen LogP contribution in [0.4, 0.5) is 21.6 Å². The van der Waals surface area contributed by atoms with Crippen LogP contribution in [-0.2, 0) is 6.42 Å². The van der Waals surface area contributed by atoms with Crippen molar-refractivity contribution >= 4 is 34.4 Å². The van der Waals surface area contributed by atoms with Crippen LogP contribution < -0.4 is 15.5 Å². The second kappa shape index (κ2) is 7.63. The number of carbonyl (C=O) groups excluding carboxylic acids is 1. The number of fused-ring (bicyclic) bond motifs is 1. The van der Waals surface area contributed by atoms with Crippen LogP contribution in [0.2, 0.25) is 0 Å². The molecule has 2 aliphatic heterocycles. The van der Waals surface area contributed by atoms with Crippen LogP contribution >= 0.6 is 11.3 Å². The third kappa shape index (κ3) is 3.49. The summed E-state index contributed by atoms with van der Waals surface area (Å²) in [6.45, 7) is 1.54. The number of hydrogen-bond donors (Lipinski definition) is 1. The van der Waals surface area contributed by atoms with Gasteiger partial charge >= 0.3 is 0 Å². The number of nitrogens with zero attached hydrogens (tertiary/aromatic N) is 5. The monoisotopic (exact) mass is 434 g/mol. The van der Waals surface area contributed by atoms with Crippen molar-refractivity contribution in [2.24, 2.45) is 0 Å². The van der Waals surface area contributed by atoms with Crippen LogP contribution in [0.25, 0.3) is 10.6 Å². The molecule has 0 saturated carbocycles. The zero-order chi connectivity index (χ0) is 21.5. The van der Waals surface area contributed by atoms with E-state index < -0.39 is 6.17 Å². The predicted molar refractivity (Wildman–Crippen MR) is 118 cm³/mol. The van der Waals surface area contributed by atoms with Crippen molar-refractivity contribution in [3.63, 3.8) is 0 Å². The van der Waals surface area contributed by atoms with Gasteiger partial charge in [0.05, 0.1) is 23.5 Å². The second-order valence-electron chi connectivity index (χ2n) is 7.62. The minimum atomic E-state index is -0.799. The third-order valence-electron chi connectivity index (χ3n) is 5.63. The highest BCUT2D eigenvalue weighted by Crippen LogP contribution is 2.34. The predicted octanol–water partition coefficient (Wildman–Crippen LogP) is 3.41. The number of anilines is 3. The Hall–Kier alpha value is -3.51. The highest BCUT2D eigenvalue weighted by Gasteiger charge is 2.30. The van der Waals surface area contributed by atoms with Crippen LogP contribution in [0, 0.1) is 11.3 Å². The number of hydrogen-bond acceptors (Lipinski definition) is 7. The van der Waals surface area contributed by atoms with Crippen molar-refractivity contribution in [3.05, 3.63) is 52.7 Å². The molecule has 1 aromatic carbocycles. The van der Waals surface area contributed by atoms with Crippen molar-refractivity contribution in [2.75, 3.05) is 35.2 Å². The molecule has 0 unspecified atom stereocenters. The summed E-state index contributed by atoms with van der Waals surface area (Å²) in [7, 11) is 0. The Labute approximate surface area is 182 Å². The number of nitrogen functional groups attached to an aromatic ring is 1. The van der Waals surface area contributed by atoms with E-state index in [1.807, 2.05) is 23.1 Å². The number of aromatic nitrogens is 2. The lowest BCUT2D eigenvalue weighted by atomic mass is 10.1. The smallest absolute Gasteiger partial charge is 0.270 e. The van der Waals surface area contributed by atoms with Crippen molar-refractivity contribution < 1.29 is 9.18 Å². The summed E-state index contributed by atoms with van der Waals surface area (Å²) in [4.78, 5) is 26.5. The maximum atomic E-state index is 13.5. The van der Waals surface area contributed by atoms with E-state index in [2.05, 4.69) is 9.97 Å². The number of rotatable bonds is 3. The molecule has 7 nitrogen and oxygen atoms in total. The van der Waals surface area contributed by atoms with Gasteiger partial charge in [-0.15, -0.1) is 11.3 Å². The fraction of sp³-hybridized carbons (Fsp3) is 0.273. The Bertz CT molecular complexity index is 1200. The maximum absolute atomic E-state index is 13.5. The maximum Gasteiger partial charge on any atom is 0.270 e. The zero-order valence-corrected chi connectivity index (χ0v) is 17.4. The SMILES string of the molecule is N#Cc1ccc(N2CCc3nc(-c4ccc(N5CC[C@H](F)C5)nc4)sc3C2=O)cc1N. The van der Waals surface area contributed by atoms with E-state index >= 15 is 0 Å². The molecule has 0 bridgehead atoms. The standard InChI is InChI=1S/C22H19FN6OS/c23-15-5-7-28(12-15)19-4-2-14(11-26-19)21-27-18-6-8-29(22(30)20(18)31-21)16-3-1-13(10-24)17(25)9-16/h1-4,9,11,15H,5-8,12,25H2/t15-/m0/s1. The number of carbonyl (C=O) groups is 1. The minimum absolute atomic E-state index is 0.121. The number of halogens is 1. The Balaban J connectivity index is 1.39. The second-order valence-corrected chi connectivity index (χ2v) is 8.62. The summed E-state index contributed by atoms with van der Waals surface area (Å²) < 4.78 is 13.5. The van der Waals surface area contributed by atoms with Crippen LogP contribution in [0.3, 0.4) is 0 Å². The number of amides is 1. The Kier molecular flexibility index (Phi) is 4.79. The molecule has 2 N–H and O–H groups in total. The molecule has 0 aliphatic carbocycles. The van der Waals surface area contributed by atoms with Crippen LogP contribution in [-0.4, -0.2) is 41.7 Å². The summed E-state index contributed by atoms with van der Waals surface area (Å²) in [5.74, 6) is 0.635. The van der Waals surface area contributed by atoms with Gasteiger partial charge in [-0.25, -0.2) is 14.4 Å². The van der Waals surface area contributed by atoms with Gasteiger partial charge in [0.25, 0.3) is 5.91 Å². The summed E-state index contributed by atoms with van der Waals surface area (Å²) in [6.07, 6.45) is 2.10. The number of thiazole rings is 1. The molecule has 2 aromatic heterocycles. The molecule has 4 heterocycles. The van der Waals surface area contributed by atoms with Gasteiger partial charge in [0.1, 0.15) is 27.9 Å². The van der Waals surface area contributed by atoms with Crippen LogP contribution in [0.15, 0.2) is 36.5 Å². The summed E-state index contributed by atoms with van der Waals surface area (Å²) in [5, 5.41) is 9.80. The van der Waals surface area contributed by atoms with Crippen molar-refractivity contribution in [2.45, 2.75) is 19.0 Å². The van der Waals surface area contributed by atoms with Gasteiger partial charge in [0.15, 0.2) is 0 Å². The van der Waals surface area contributed by atoms with Gasteiger partial charge in [-0.1, -0.05) is 0 Å². The van der Waals surface area contributed by atoms with Gasteiger partial charge in [-0.3, -0.25) is 4.79 Å². The highest BCUT2D eigenvalue weighted by molar-refractivity contribution is 7.17. The summed E-state index contributed by atoms with van der Waals surface area (Å²) in [6, 6.07) is 10.9. The zero-order valence-electron chi connectivity index (χ0n) is 16.6. The highest BCUT2D eigenvalue weighted by atomic mass is 32.1. The molecule has 0 radical (unpaired) electrons. The van der Waals surface area contributed by atoms with Gasteiger partial charge in [-0.05, 0) is 36.8 Å². The molecule has 1 atom stereocenters. The molecule has 156 valence electrons. The molecule has 1 saturated heterocycles. The van der Waals surface area contributed by atoms with E-state index in [0.29, 0.717) is 54.3 Å². The quantitative estimate of drug-likeness (QED) is 0.634. The van der Waals surface area contributed by atoms with Gasteiger partial charge in [0, 0.05) is 37.0 Å². The van der Waals surface area contributed by atoms with E-state index in [-0.39, 0.29) is 5.91 Å². The fourth-order valence-corrected chi connectivity index (χ4v) is 5.00. The first kappa shape index (κ1) is 19.5. The number of benzene rings is 1. The lowest BCUT2D eigenvalue weighted by Gasteiger charge is -2.26. The lowest BCUT2D eigenvalue weighted by molar-refractivity contribution is 0.0984. The number of alkyl halides is 1. The Morgan fingerprint density at radius 2 is 2.13 bits per heavy atom. The largest absolute Gasteiger partial charge is 0.398 e. The Morgan fingerprint density at radius 3 is 2.81 bits per heavy atom. The molecule has 31 heavy (non-hydrogen) atoms. The molecular weight excluding hydrogens is 415 g/mol. The fourth-order valence-electron chi connectivity index (χ4n) is 3.95. The number of nitriles is 1. The number of nitrogens with two attached hydrogens (primary N) is 1. The lowest BCUT2D eigenvalue weighted by Crippen LogP contribution is -2.37. The van der Waals surface area contributed by atoms with Gasteiger partial charge in [0.2, 0.25) is 0 Å². The van der Waals surface area contributed by atoms with E-state index in [9.17, 15) is 9.18 Å². The molecular formula is C22H19FN6OS. The first-order valence-corrected chi connectivity index (χ1v) is 10.8. The summed E-state index contributed by atoms with van der Waals surface area (Å²) >= 11 is 1.35. The molecule has 2 aliphatic rings. The van der Waals surface area contributed by atoms with E-state index in [1.165, 1.54) is 11.3 Å². The molecule has 1 amide bonds. The van der Waals surface area contributed by atoms with E-state index in [0.717, 1.165) is 22.1 Å². The topological polar surface area (TPSA) is 99.1 Å². The van der Waals surface area contributed by atoms with Crippen LogP contribution in [0.5, 0.6) is 0 Å². The van der Waals surface area contributed by atoms with Crippen molar-refractivity contribution in [3.8, 4) is 16.6 Å². The van der Waals surface area contributed by atoms with Gasteiger partial charge in [-0.2, -0.15) is 5.26 Å². The minimum Gasteiger partial charge on any atom is -0.398 e. The van der Waals surface area contributed by atoms with Crippen molar-refractivity contribution in [1.29, 1.82) is 5.26 Å². The molecule has 5 rings (SSSR count). The molecule has 1 fully saturated rings. The van der Waals surface area contributed by atoms with E-state index in [4.69, 9.17) is 11.0 Å². The average molecular weight is 435 g/mol. The van der Waals surface area contributed by atoms with Crippen LogP contribution in [0.1, 0.15) is 27.3 Å². The molecule has 9 heteroatoms. The third-order valence-corrected chi connectivity index (χ3v) is 6.76. The Morgan fingerprint density at radius 1 is 1.26 bits per heavy atom.